The summed E-state index contributed by atoms with van der Waals surface area (Å²) >= 11 is 0. The average Bonchev–Trinajstić information content (AvgIpc) is 2.91. The molecule has 0 unspecified atom stereocenters. The maximum atomic E-state index is 13.4. The molecule has 1 aliphatic rings. The fourth-order valence-corrected chi connectivity index (χ4v) is 3.97. The molecule has 0 aromatic heterocycles. The van der Waals surface area contributed by atoms with E-state index in [-0.39, 0.29) is 31.5 Å². The smallest absolute Gasteiger partial charge is 0.314 e. The van der Waals surface area contributed by atoms with Gasteiger partial charge in [0.15, 0.2) is 24.6 Å². The number of methoxy groups -OCH3 is 1. The van der Waals surface area contributed by atoms with Crippen LogP contribution in [0.4, 0.5) is 0 Å². The van der Waals surface area contributed by atoms with Crippen LogP contribution < -0.4 is 0 Å². The first-order valence-electron chi connectivity index (χ1n) is 12.4. The number of esters is 3. The van der Waals surface area contributed by atoms with Gasteiger partial charge < -0.3 is 33.6 Å². The van der Waals surface area contributed by atoms with Crippen LogP contribution in [0.15, 0.2) is 55.6 Å². The first kappa shape index (κ1) is 30.9. The molecule has 0 spiro atoms. The van der Waals surface area contributed by atoms with E-state index in [2.05, 4.69) is 13.2 Å². The number of ether oxygens (including phenoxy) is 5. The van der Waals surface area contributed by atoms with E-state index in [0.717, 1.165) is 0 Å². The highest BCUT2D eigenvalue weighted by Crippen LogP contribution is 2.32. The summed E-state index contributed by atoms with van der Waals surface area (Å²) in [7, 11) is 1.29. The molecule has 1 aliphatic heterocycles. The Morgan fingerprint density at radius 3 is 2.18 bits per heavy atom. The van der Waals surface area contributed by atoms with Gasteiger partial charge in [-0.25, -0.2) is 0 Å². The second-order valence-corrected chi connectivity index (χ2v) is 8.79. The number of benzene rings is 1. The highest BCUT2D eigenvalue weighted by atomic mass is 16.7. The van der Waals surface area contributed by atoms with Crippen LogP contribution in [0.2, 0.25) is 0 Å². The Balaban J connectivity index is 2.41. The van der Waals surface area contributed by atoms with E-state index in [4.69, 9.17) is 23.7 Å². The predicted molar refractivity (Wildman–Crippen MR) is 136 cm³/mol. The van der Waals surface area contributed by atoms with Crippen molar-refractivity contribution in [3.8, 4) is 0 Å². The summed E-state index contributed by atoms with van der Waals surface area (Å²) in [5.41, 5.74) is 0.677. The Morgan fingerprint density at radius 2 is 1.61 bits per heavy atom. The molecule has 0 radical (unpaired) electrons. The normalized spacial score (nSPS) is 23.5. The van der Waals surface area contributed by atoms with Gasteiger partial charge in [-0.1, -0.05) is 42.5 Å². The first-order valence-corrected chi connectivity index (χ1v) is 12.4. The molecule has 6 atom stereocenters. The summed E-state index contributed by atoms with van der Waals surface area (Å²) in [5, 5.41) is 10.1. The zero-order chi connectivity index (χ0) is 28.1. The maximum absolute atomic E-state index is 13.4. The van der Waals surface area contributed by atoms with Gasteiger partial charge in [0.05, 0.1) is 18.9 Å². The van der Waals surface area contributed by atoms with Crippen molar-refractivity contribution in [2.45, 2.75) is 75.7 Å². The van der Waals surface area contributed by atoms with Gasteiger partial charge in [-0.3, -0.25) is 14.4 Å². The number of hydrogen-bond donors (Lipinski definition) is 1. The first-order chi connectivity index (χ1) is 18.2. The van der Waals surface area contributed by atoms with Crippen molar-refractivity contribution in [3.63, 3.8) is 0 Å². The van der Waals surface area contributed by atoms with E-state index in [1.54, 1.807) is 30.3 Å². The lowest BCUT2D eigenvalue weighted by molar-refractivity contribution is -0.303. The van der Waals surface area contributed by atoms with Crippen LogP contribution in [0, 0.1) is 0 Å². The predicted octanol–water partition coefficient (Wildman–Crippen LogP) is 2.78. The fourth-order valence-electron chi connectivity index (χ4n) is 3.97. The van der Waals surface area contributed by atoms with Gasteiger partial charge in [0.25, 0.3) is 0 Å². The minimum atomic E-state index is -1.37. The van der Waals surface area contributed by atoms with E-state index in [9.17, 15) is 24.3 Å². The van der Waals surface area contributed by atoms with Crippen LogP contribution in [0.1, 0.15) is 50.5 Å². The second kappa shape index (κ2) is 15.8. The molecule has 10 nitrogen and oxygen atoms in total. The molecular weight excluding hydrogens is 496 g/mol. The number of hydrogen-bond acceptors (Lipinski definition) is 10. The third kappa shape index (κ3) is 8.90. The molecule has 1 fully saturated rings. The van der Waals surface area contributed by atoms with Crippen molar-refractivity contribution in [3.05, 3.63) is 61.2 Å². The number of allylic oxidation sites excluding steroid dienone is 2. The van der Waals surface area contributed by atoms with Crippen LogP contribution in [-0.2, 0) is 42.9 Å². The van der Waals surface area contributed by atoms with Gasteiger partial charge in [-0.15, -0.1) is 13.2 Å². The van der Waals surface area contributed by atoms with Crippen molar-refractivity contribution in [1.82, 2.24) is 0 Å². The molecular formula is C28H36O10. The van der Waals surface area contributed by atoms with Crippen LogP contribution in [0.5, 0.6) is 0 Å². The molecule has 2 rings (SSSR count). The van der Waals surface area contributed by atoms with E-state index in [1.165, 1.54) is 20.1 Å². The highest BCUT2D eigenvalue weighted by molar-refractivity contribution is 5.81. The van der Waals surface area contributed by atoms with Crippen LogP contribution in [0.25, 0.3) is 0 Å². The number of ketones is 1. The molecule has 208 valence electrons. The van der Waals surface area contributed by atoms with E-state index in [1.807, 2.05) is 6.07 Å². The molecule has 1 aromatic rings. The third-order valence-corrected chi connectivity index (χ3v) is 5.91. The highest BCUT2D eigenvalue weighted by Gasteiger charge is 2.52. The molecule has 0 amide bonds. The quantitative estimate of drug-likeness (QED) is 0.204. The summed E-state index contributed by atoms with van der Waals surface area (Å²) < 4.78 is 28.1. The summed E-state index contributed by atoms with van der Waals surface area (Å²) in [5.74, 6) is -3.04. The van der Waals surface area contributed by atoms with Gasteiger partial charge in [0, 0.05) is 20.0 Å². The lowest BCUT2D eigenvalue weighted by Crippen LogP contribution is -2.62. The second-order valence-electron chi connectivity index (χ2n) is 8.79. The zero-order valence-corrected chi connectivity index (χ0v) is 21.8. The van der Waals surface area contributed by atoms with Gasteiger partial charge in [0.1, 0.15) is 11.9 Å². The lowest BCUT2D eigenvalue weighted by Gasteiger charge is -2.44. The number of rotatable bonds is 15. The summed E-state index contributed by atoms with van der Waals surface area (Å²) in [6.45, 7) is 8.03. The zero-order valence-electron chi connectivity index (χ0n) is 21.8. The summed E-state index contributed by atoms with van der Waals surface area (Å²) in [6, 6.07) is 8.91. The number of Topliss-reactive ketones (excluding diaryl/α,β-unsaturated/α-hetero) is 1. The molecule has 0 aliphatic carbocycles. The Bertz CT molecular complexity index is 960. The molecule has 0 saturated carbocycles. The Labute approximate surface area is 222 Å². The van der Waals surface area contributed by atoms with Gasteiger partial charge in [-0.05, 0) is 25.3 Å². The fraction of sp³-hybridized carbons (Fsp3) is 0.500. The third-order valence-electron chi connectivity index (χ3n) is 5.91. The van der Waals surface area contributed by atoms with Gasteiger partial charge in [0.2, 0.25) is 0 Å². The van der Waals surface area contributed by atoms with E-state index >= 15 is 0 Å². The Hall–Kier alpha value is -3.34. The molecule has 1 heterocycles. The van der Waals surface area contributed by atoms with E-state index < -0.39 is 61.1 Å². The van der Waals surface area contributed by atoms with Crippen molar-refractivity contribution in [2.24, 2.45) is 0 Å². The molecule has 38 heavy (non-hydrogen) atoms. The lowest BCUT2D eigenvalue weighted by atomic mass is 9.94. The maximum Gasteiger partial charge on any atom is 0.314 e. The number of carbonyl (C=O) groups is 4. The monoisotopic (exact) mass is 532 g/mol. The minimum Gasteiger partial charge on any atom is -0.455 e. The molecule has 1 saturated heterocycles. The molecule has 1 aromatic carbocycles. The van der Waals surface area contributed by atoms with Crippen LogP contribution in [0.3, 0.4) is 0 Å². The standard InChI is InChI=1S/C28H36O10/c1-5-7-14-22(31)36-25-24(38-27(33)20(11-6-2)19-12-9-8-10-13-19)21(17-29)35-28(34-4)26(25)37-23(32)16-15-18(3)30/h5-6,8-10,12-13,20-21,24-26,28-29H,1-2,7,11,14-17H2,3-4H3/t20-,21-,24-,25+,26-,28+/m1/s1. The number of aliphatic hydroxyl groups is 1. The van der Waals surface area contributed by atoms with E-state index in [0.29, 0.717) is 12.0 Å². The molecule has 10 heteroatoms. The minimum absolute atomic E-state index is 0.0307. The summed E-state index contributed by atoms with van der Waals surface area (Å²) in [4.78, 5) is 49.9. The SMILES string of the molecule is C=CCCC(=O)O[C@@H]1[C@@H](OC(=O)CCC(C)=O)[C@@H](OC)O[C@H](CO)[C@H]1OC(=O)[C@H](CC=C)c1ccccc1. The number of carbonyl (C=O) groups excluding carboxylic acids is 4. The van der Waals surface area contributed by atoms with Crippen LogP contribution in [-0.4, -0.2) is 73.2 Å². The van der Waals surface area contributed by atoms with Crippen molar-refractivity contribution < 1.29 is 48.0 Å². The average molecular weight is 533 g/mol. The topological polar surface area (TPSA) is 135 Å². The Morgan fingerprint density at radius 1 is 0.947 bits per heavy atom. The van der Waals surface area contributed by atoms with Crippen LogP contribution >= 0.6 is 0 Å². The van der Waals surface area contributed by atoms with Crippen molar-refractivity contribution >= 4 is 23.7 Å². The Kier molecular flexibility index (Phi) is 12.8. The largest absolute Gasteiger partial charge is 0.455 e. The van der Waals surface area contributed by atoms with Gasteiger partial charge in [-0.2, -0.15) is 0 Å². The number of aliphatic hydroxyl groups excluding tert-OH is 1. The van der Waals surface area contributed by atoms with Crippen molar-refractivity contribution in [2.75, 3.05) is 13.7 Å². The van der Waals surface area contributed by atoms with Gasteiger partial charge >= 0.3 is 17.9 Å². The molecule has 0 bridgehead atoms. The molecule has 1 N–H and O–H groups in total. The van der Waals surface area contributed by atoms with Crippen molar-refractivity contribution in [1.29, 1.82) is 0 Å². The summed E-state index contributed by atoms with van der Waals surface area (Å²) in [6.07, 6.45) is -3.07.